The van der Waals surface area contributed by atoms with Crippen molar-refractivity contribution >= 4 is 66.5 Å². The van der Waals surface area contributed by atoms with Gasteiger partial charge in [-0.3, -0.25) is 4.79 Å². The maximum atomic E-state index is 13.7. The third-order valence-corrected chi connectivity index (χ3v) is 10.6. The first kappa shape index (κ1) is 30.3. The number of rotatable bonds is 10. The van der Waals surface area contributed by atoms with Gasteiger partial charge in [0.1, 0.15) is 5.84 Å². The van der Waals surface area contributed by atoms with E-state index in [1.165, 1.54) is 30.0 Å². The average Bonchev–Trinajstić information content (AvgIpc) is 3.29. The molecule has 15 heteroatoms. The van der Waals surface area contributed by atoms with E-state index in [-0.39, 0.29) is 39.1 Å². The van der Waals surface area contributed by atoms with Crippen molar-refractivity contribution in [2.75, 3.05) is 17.3 Å². The summed E-state index contributed by atoms with van der Waals surface area (Å²) >= 11 is 2.21. The Balaban J connectivity index is 2.00. The van der Waals surface area contributed by atoms with E-state index in [4.69, 9.17) is 16.0 Å². The monoisotopic (exact) mass is 610 g/mol. The number of anilines is 1. The van der Waals surface area contributed by atoms with Crippen molar-refractivity contribution in [1.82, 2.24) is 0 Å². The number of carbonyl (C=O) groups excluding carboxylic acids is 1. The Morgan fingerprint density at radius 1 is 1.10 bits per heavy atom. The molecule has 0 unspecified atom stereocenters. The molecule has 1 aromatic heterocycles. The Kier molecular flexibility index (Phi) is 9.55. The van der Waals surface area contributed by atoms with Crippen molar-refractivity contribution in [3.8, 4) is 11.1 Å². The molecule has 6 N–H and O–H groups in total. The molecular formula is C24H26N4O7S4. The van der Waals surface area contributed by atoms with Crippen LogP contribution in [-0.2, 0) is 24.7 Å². The number of sulfonamides is 1. The van der Waals surface area contributed by atoms with Crippen LogP contribution in [0.1, 0.15) is 23.3 Å². The first-order valence-corrected chi connectivity index (χ1v) is 16.5. The number of thiophene rings is 1. The molecule has 0 saturated heterocycles. The molecule has 0 atom stereocenters. The van der Waals surface area contributed by atoms with E-state index in [1.807, 2.05) is 13.0 Å². The van der Waals surface area contributed by atoms with Crippen LogP contribution < -0.4 is 16.2 Å². The van der Waals surface area contributed by atoms with Gasteiger partial charge >= 0.3 is 6.09 Å². The molecule has 3 rings (SSSR count). The average molecular weight is 611 g/mol. The highest BCUT2D eigenvalue weighted by Gasteiger charge is 2.26. The number of nitrogens with one attached hydrogen (secondary N) is 1. The van der Waals surface area contributed by atoms with Gasteiger partial charge in [-0.2, -0.15) is 4.99 Å². The summed E-state index contributed by atoms with van der Waals surface area (Å²) in [6, 6.07) is 12.8. The number of carbonyl (C=O) groups is 2. The van der Waals surface area contributed by atoms with Gasteiger partial charge in [-0.15, -0.1) is 23.1 Å². The van der Waals surface area contributed by atoms with E-state index in [1.54, 1.807) is 30.5 Å². The van der Waals surface area contributed by atoms with Gasteiger partial charge in [-0.05, 0) is 55.0 Å². The minimum atomic E-state index is -4.05. The van der Waals surface area contributed by atoms with Gasteiger partial charge in [-0.1, -0.05) is 24.3 Å². The number of sulfone groups is 1. The number of hydrogen-bond acceptors (Lipinski definition) is 8. The zero-order chi connectivity index (χ0) is 29.0. The summed E-state index contributed by atoms with van der Waals surface area (Å²) in [5.74, 6) is -1.04. The van der Waals surface area contributed by atoms with Crippen LogP contribution in [0.2, 0.25) is 0 Å². The van der Waals surface area contributed by atoms with Crippen molar-refractivity contribution in [1.29, 1.82) is 0 Å². The molecule has 1 heterocycles. The van der Waals surface area contributed by atoms with E-state index in [0.29, 0.717) is 21.0 Å². The summed E-state index contributed by atoms with van der Waals surface area (Å²) in [5, 5.41) is 16.7. The fourth-order valence-electron chi connectivity index (χ4n) is 3.72. The molecule has 0 aliphatic heterocycles. The van der Waals surface area contributed by atoms with Crippen molar-refractivity contribution in [2.45, 2.75) is 33.8 Å². The van der Waals surface area contributed by atoms with E-state index >= 15 is 0 Å². The second-order valence-corrected chi connectivity index (χ2v) is 14.1. The predicted octanol–water partition coefficient (Wildman–Crippen LogP) is 3.67. The number of benzene rings is 2. The molecule has 0 aliphatic rings. The Bertz CT molecular complexity index is 1660. The third kappa shape index (κ3) is 7.67. The largest absolute Gasteiger partial charge is 0.463 e. The van der Waals surface area contributed by atoms with Gasteiger partial charge in [0.15, 0.2) is 0 Å². The lowest BCUT2D eigenvalue weighted by atomic mass is 9.98. The Hall–Kier alpha value is -3.24. The number of amidine groups is 1. The second kappa shape index (κ2) is 12.3. The van der Waals surface area contributed by atoms with Crippen molar-refractivity contribution < 1.29 is 31.5 Å². The molecule has 0 fully saturated rings. The normalized spacial score (nSPS) is 12.3. The number of nitrogens with zero attached hydrogens (tertiary/aromatic N) is 1. The first-order valence-electron chi connectivity index (χ1n) is 11.2. The van der Waals surface area contributed by atoms with Gasteiger partial charge in [0.2, 0.25) is 25.8 Å². The van der Waals surface area contributed by atoms with Crippen LogP contribution in [0.25, 0.3) is 11.1 Å². The van der Waals surface area contributed by atoms with Gasteiger partial charge in [0, 0.05) is 17.7 Å². The quantitative estimate of drug-likeness (QED) is 0.150. The third-order valence-electron chi connectivity index (χ3n) is 5.42. The molecule has 0 radical (unpaired) electrons. The SMILES string of the molecule is CSc1sc(/C(N)=N\C(=O)O)cc1S(=O)(=O)c1cccc(-c2c(C)cccc2NC(=O)CCCS(N)(=O)=O)c1. The number of nitrogens with two attached hydrogens (primary N) is 2. The number of carboxylic acid groups (broad SMARTS) is 1. The summed E-state index contributed by atoms with van der Waals surface area (Å²) < 4.78 is 50.1. The highest BCUT2D eigenvalue weighted by Crippen LogP contribution is 2.39. The molecule has 11 nitrogen and oxygen atoms in total. The zero-order valence-corrected chi connectivity index (χ0v) is 24.1. The van der Waals surface area contributed by atoms with Crippen LogP contribution in [0.3, 0.4) is 0 Å². The molecular weight excluding hydrogens is 585 g/mol. The molecule has 0 saturated carbocycles. The van der Waals surface area contributed by atoms with Gasteiger partial charge in [0.25, 0.3) is 0 Å². The van der Waals surface area contributed by atoms with E-state index in [9.17, 15) is 26.4 Å². The van der Waals surface area contributed by atoms with E-state index < -0.39 is 31.9 Å². The topological polar surface area (TPSA) is 199 Å². The fraction of sp³-hybridized carbons (Fsp3) is 0.208. The van der Waals surface area contributed by atoms with Crippen LogP contribution in [0.4, 0.5) is 10.5 Å². The molecule has 2 amide bonds. The lowest BCUT2D eigenvalue weighted by Crippen LogP contribution is -2.19. The smallest absolute Gasteiger partial charge is 0.433 e. The summed E-state index contributed by atoms with van der Waals surface area (Å²) in [6.07, 6.45) is 0.196. The molecule has 2 aromatic carbocycles. The van der Waals surface area contributed by atoms with Gasteiger partial charge in [-0.25, -0.2) is 26.8 Å². The van der Waals surface area contributed by atoms with Crippen molar-refractivity contribution in [2.24, 2.45) is 15.9 Å². The number of aryl methyl sites for hydroxylation is 1. The van der Waals surface area contributed by atoms with Crippen molar-refractivity contribution in [3.05, 3.63) is 59.0 Å². The molecule has 0 bridgehead atoms. The van der Waals surface area contributed by atoms with E-state index in [2.05, 4.69) is 10.3 Å². The lowest BCUT2D eigenvalue weighted by Gasteiger charge is -2.15. The number of amides is 2. The number of primary sulfonamides is 1. The standard InChI is InChI=1S/C24H26N4O7S4/c1-14-6-3-9-17(27-20(29)10-5-11-38(26,32)33)21(14)15-7-4-8-16(12-15)39(34,35)19-13-18(37-23(19)36-2)22(25)28-24(30)31/h3-4,6-9,12-13H,5,10-11H2,1-2H3,(H2,25,28)(H,27,29)(H,30,31)(H2,26,32,33). The Morgan fingerprint density at radius 2 is 1.79 bits per heavy atom. The highest BCUT2D eigenvalue weighted by atomic mass is 32.2. The fourth-order valence-corrected chi connectivity index (χ4v) is 8.21. The maximum absolute atomic E-state index is 13.7. The van der Waals surface area contributed by atoms with Crippen LogP contribution in [0.5, 0.6) is 0 Å². The number of aliphatic imine (C=N–C) groups is 1. The van der Waals surface area contributed by atoms with Crippen LogP contribution in [-0.4, -0.2) is 51.8 Å². The van der Waals surface area contributed by atoms with Gasteiger partial charge < -0.3 is 16.2 Å². The number of hydrogen-bond donors (Lipinski definition) is 4. The zero-order valence-electron chi connectivity index (χ0n) is 20.9. The first-order chi connectivity index (χ1) is 18.2. The Labute approximate surface area is 234 Å². The van der Waals surface area contributed by atoms with Gasteiger partial charge in [0.05, 0.1) is 24.6 Å². The minimum absolute atomic E-state index is 0.0120. The van der Waals surface area contributed by atoms with Crippen molar-refractivity contribution in [3.63, 3.8) is 0 Å². The van der Waals surface area contributed by atoms with Crippen LogP contribution >= 0.6 is 23.1 Å². The van der Waals surface area contributed by atoms with Crippen LogP contribution in [0, 0.1) is 6.92 Å². The second-order valence-electron chi connectivity index (χ2n) is 8.29. The molecule has 0 aliphatic carbocycles. The lowest BCUT2D eigenvalue weighted by molar-refractivity contribution is -0.116. The summed E-state index contributed by atoms with van der Waals surface area (Å²) in [5.41, 5.74) is 8.08. The number of thioether (sulfide) groups is 1. The Morgan fingerprint density at radius 3 is 2.44 bits per heavy atom. The summed E-state index contributed by atoms with van der Waals surface area (Å²) in [4.78, 5) is 26.8. The molecule has 0 spiro atoms. The highest BCUT2D eigenvalue weighted by molar-refractivity contribution is 8.01. The maximum Gasteiger partial charge on any atom is 0.433 e. The molecule has 39 heavy (non-hydrogen) atoms. The molecule has 3 aromatic rings. The molecule has 208 valence electrons. The van der Waals surface area contributed by atoms with Crippen LogP contribution in [0.15, 0.2) is 67.5 Å². The summed E-state index contributed by atoms with van der Waals surface area (Å²) in [6.45, 7) is 1.81. The summed E-state index contributed by atoms with van der Waals surface area (Å²) in [7, 11) is -7.74. The minimum Gasteiger partial charge on any atom is -0.463 e. The van der Waals surface area contributed by atoms with E-state index in [0.717, 1.165) is 16.9 Å². The predicted molar refractivity (Wildman–Crippen MR) is 153 cm³/mol.